The van der Waals surface area contributed by atoms with Gasteiger partial charge in [-0.1, -0.05) is 6.92 Å². The number of hydrogen-bond donors (Lipinski definition) is 1. The highest BCUT2D eigenvalue weighted by molar-refractivity contribution is 5.87. The van der Waals surface area contributed by atoms with Gasteiger partial charge in [-0.15, -0.1) is 0 Å². The molecule has 1 unspecified atom stereocenters. The highest BCUT2D eigenvalue weighted by Crippen LogP contribution is 2.34. The number of H-pyrrole nitrogens is 1. The van der Waals surface area contributed by atoms with Crippen LogP contribution in [0.15, 0.2) is 18.6 Å². The van der Waals surface area contributed by atoms with Crippen LogP contribution in [0, 0.1) is 16.7 Å². The van der Waals surface area contributed by atoms with Crippen molar-refractivity contribution in [2.75, 3.05) is 25.1 Å². The maximum Gasteiger partial charge on any atom is 0.155 e. The molecule has 0 bridgehead atoms. The molecule has 1 saturated heterocycles. The van der Waals surface area contributed by atoms with Crippen molar-refractivity contribution < 1.29 is 4.79 Å². The van der Waals surface area contributed by atoms with Crippen molar-refractivity contribution in [2.24, 2.45) is 5.41 Å². The summed E-state index contributed by atoms with van der Waals surface area (Å²) < 4.78 is 0. The molecule has 1 aliphatic rings. The van der Waals surface area contributed by atoms with Crippen molar-refractivity contribution in [1.82, 2.24) is 20.0 Å². The number of ketones is 1. The third-order valence-electron chi connectivity index (χ3n) is 4.88. The maximum absolute atomic E-state index is 12.5. The summed E-state index contributed by atoms with van der Waals surface area (Å²) in [4.78, 5) is 24.3. The van der Waals surface area contributed by atoms with Crippen LogP contribution in [0.1, 0.15) is 32.6 Å². The lowest BCUT2D eigenvalue weighted by atomic mass is 9.77. The lowest BCUT2D eigenvalue weighted by molar-refractivity contribution is -0.131. The fourth-order valence-electron chi connectivity index (χ4n) is 3.42. The van der Waals surface area contributed by atoms with Gasteiger partial charge in [0.1, 0.15) is 17.8 Å². The minimum Gasteiger partial charge on any atom is -0.346 e. The molecule has 3 heterocycles. The third kappa shape index (κ3) is 2.97. The Bertz CT molecular complexity index is 779. The standard InChI is InChI=1S/C17H22N6O/c1-17(14(24)5-3-8-18)7-4-10-23(11-17)22(2)16-13-6-9-19-15(13)20-12-21-16/h6,9,12H,3-5,7,10-11H2,1-2H3,(H,19,20,21). The largest absolute Gasteiger partial charge is 0.346 e. The molecule has 126 valence electrons. The minimum absolute atomic E-state index is 0.177. The van der Waals surface area contributed by atoms with Gasteiger partial charge in [0.05, 0.1) is 11.5 Å². The van der Waals surface area contributed by atoms with E-state index in [4.69, 9.17) is 5.26 Å². The van der Waals surface area contributed by atoms with Crippen LogP contribution >= 0.6 is 0 Å². The molecule has 2 aromatic heterocycles. The lowest BCUT2D eigenvalue weighted by Gasteiger charge is -2.43. The zero-order chi connectivity index (χ0) is 17.2. The average Bonchev–Trinajstić information content (AvgIpc) is 3.07. The molecule has 1 aliphatic heterocycles. The average molecular weight is 326 g/mol. The molecule has 1 fully saturated rings. The Morgan fingerprint density at radius 3 is 3.17 bits per heavy atom. The van der Waals surface area contributed by atoms with Gasteiger partial charge in [0, 0.05) is 44.6 Å². The smallest absolute Gasteiger partial charge is 0.155 e. The predicted molar refractivity (Wildman–Crippen MR) is 91.1 cm³/mol. The van der Waals surface area contributed by atoms with E-state index < -0.39 is 5.41 Å². The molecule has 0 amide bonds. The van der Waals surface area contributed by atoms with E-state index in [1.807, 2.05) is 31.2 Å². The van der Waals surface area contributed by atoms with Crippen LogP contribution < -0.4 is 5.01 Å². The van der Waals surface area contributed by atoms with E-state index in [0.717, 1.165) is 36.2 Å². The zero-order valence-corrected chi connectivity index (χ0v) is 14.1. The first-order valence-corrected chi connectivity index (χ1v) is 8.22. The van der Waals surface area contributed by atoms with Gasteiger partial charge in [0.2, 0.25) is 0 Å². The maximum atomic E-state index is 12.5. The number of fused-ring (bicyclic) bond motifs is 1. The van der Waals surface area contributed by atoms with Crippen LogP contribution in [0.3, 0.4) is 0 Å². The van der Waals surface area contributed by atoms with E-state index in [2.05, 4.69) is 26.0 Å². The zero-order valence-electron chi connectivity index (χ0n) is 14.1. The molecule has 0 radical (unpaired) electrons. The molecule has 0 aliphatic carbocycles. The number of rotatable bonds is 5. The van der Waals surface area contributed by atoms with Gasteiger partial charge in [0.25, 0.3) is 0 Å². The number of piperidine rings is 1. The monoisotopic (exact) mass is 326 g/mol. The Hall–Kier alpha value is -2.46. The van der Waals surface area contributed by atoms with Gasteiger partial charge in [-0.2, -0.15) is 5.26 Å². The number of anilines is 1. The Labute approximate surface area is 141 Å². The first-order chi connectivity index (χ1) is 11.5. The Morgan fingerprint density at radius 1 is 1.54 bits per heavy atom. The van der Waals surface area contributed by atoms with Gasteiger partial charge in [0.15, 0.2) is 5.82 Å². The molecule has 7 heteroatoms. The molecule has 2 aromatic rings. The van der Waals surface area contributed by atoms with Crippen molar-refractivity contribution in [1.29, 1.82) is 5.26 Å². The molecule has 24 heavy (non-hydrogen) atoms. The Morgan fingerprint density at radius 2 is 2.38 bits per heavy atom. The van der Waals surface area contributed by atoms with E-state index in [9.17, 15) is 4.79 Å². The molecular formula is C17H22N6O. The van der Waals surface area contributed by atoms with Gasteiger partial charge >= 0.3 is 0 Å². The molecule has 3 rings (SSSR count). The summed E-state index contributed by atoms with van der Waals surface area (Å²) in [5.74, 6) is 1.01. The lowest BCUT2D eigenvalue weighted by Crippen LogP contribution is -2.52. The SMILES string of the molecule is CN(c1ncnc2[nH]ccc12)N1CCCC(C)(C(=O)CCC#N)C1. The Kier molecular flexibility index (Phi) is 4.49. The number of hydrazine groups is 1. The summed E-state index contributed by atoms with van der Waals surface area (Å²) in [7, 11) is 1.97. The number of carbonyl (C=O) groups excluding carboxylic acids is 1. The van der Waals surface area contributed by atoms with E-state index in [1.54, 1.807) is 6.33 Å². The summed E-state index contributed by atoms with van der Waals surface area (Å²) >= 11 is 0. The molecule has 0 saturated carbocycles. The highest BCUT2D eigenvalue weighted by Gasteiger charge is 2.38. The van der Waals surface area contributed by atoms with Crippen LogP contribution in [0.5, 0.6) is 0 Å². The number of aromatic nitrogens is 3. The number of nitrogens with one attached hydrogen (secondary N) is 1. The summed E-state index contributed by atoms with van der Waals surface area (Å²) in [5.41, 5.74) is 0.393. The van der Waals surface area contributed by atoms with Crippen LogP contribution in [0.4, 0.5) is 5.82 Å². The summed E-state index contributed by atoms with van der Waals surface area (Å²) in [5, 5.41) is 13.9. The van der Waals surface area contributed by atoms with Crippen LogP contribution in [0.25, 0.3) is 11.0 Å². The number of carbonyl (C=O) groups is 1. The van der Waals surface area contributed by atoms with Crippen molar-refractivity contribution in [3.63, 3.8) is 0 Å². The van der Waals surface area contributed by atoms with E-state index in [0.29, 0.717) is 19.4 Å². The normalized spacial score (nSPS) is 21.5. The van der Waals surface area contributed by atoms with Gasteiger partial charge in [-0.3, -0.25) is 9.80 Å². The van der Waals surface area contributed by atoms with Crippen LogP contribution in [-0.4, -0.2) is 45.9 Å². The first-order valence-electron chi connectivity index (χ1n) is 8.22. The highest BCUT2D eigenvalue weighted by atomic mass is 16.1. The van der Waals surface area contributed by atoms with E-state index in [1.165, 1.54) is 0 Å². The summed E-state index contributed by atoms with van der Waals surface area (Å²) in [6.07, 6.45) is 5.83. The van der Waals surface area contributed by atoms with Crippen LogP contribution in [0.2, 0.25) is 0 Å². The number of nitrogens with zero attached hydrogens (tertiary/aromatic N) is 5. The molecule has 7 nitrogen and oxygen atoms in total. The molecule has 1 atom stereocenters. The van der Waals surface area contributed by atoms with Crippen molar-refractivity contribution in [2.45, 2.75) is 32.6 Å². The van der Waals surface area contributed by atoms with Gasteiger partial charge < -0.3 is 4.98 Å². The summed E-state index contributed by atoms with van der Waals surface area (Å²) in [6.45, 7) is 3.54. The minimum atomic E-state index is -0.409. The fraction of sp³-hybridized carbons (Fsp3) is 0.529. The summed E-state index contributed by atoms with van der Waals surface area (Å²) in [6, 6.07) is 4.03. The van der Waals surface area contributed by atoms with E-state index >= 15 is 0 Å². The van der Waals surface area contributed by atoms with Crippen molar-refractivity contribution >= 4 is 22.6 Å². The van der Waals surface area contributed by atoms with Crippen molar-refractivity contribution in [3.05, 3.63) is 18.6 Å². The molecule has 0 aromatic carbocycles. The molecule has 1 N–H and O–H groups in total. The topological polar surface area (TPSA) is 88.9 Å². The Balaban J connectivity index is 1.80. The predicted octanol–water partition coefficient (Wildman–Crippen LogP) is 2.28. The van der Waals surface area contributed by atoms with E-state index in [-0.39, 0.29) is 5.78 Å². The van der Waals surface area contributed by atoms with Gasteiger partial charge in [-0.25, -0.2) is 15.0 Å². The van der Waals surface area contributed by atoms with Gasteiger partial charge in [-0.05, 0) is 18.9 Å². The quantitative estimate of drug-likeness (QED) is 0.907. The fourth-order valence-corrected chi connectivity index (χ4v) is 3.42. The molecule has 0 spiro atoms. The van der Waals surface area contributed by atoms with Crippen molar-refractivity contribution in [3.8, 4) is 6.07 Å². The number of nitriles is 1. The second-order valence-electron chi connectivity index (χ2n) is 6.59. The first kappa shape index (κ1) is 16.4. The number of hydrogen-bond acceptors (Lipinski definition) is 6. The number of aromatic amines is 1. The second kappa shape index (κ2) is 6.57. The second-order valence-corrected chi connectivity index (χ2v) is 6.59. The third-order valence-corrected chi connectivity index (χ3v) is 4.88. The number of Topliss-reactive ketones (excluding diaryl/α,β-unsaturated/α-hetero) is 1. The molecular weight excluding hydrogens is 304 g/mol. The van der Waals surface area contributed by atoms with Crippen LogP contribution in [-0.2, 0) is 4.79 Å².